The van der Waals surface area contributed by atoms with E-state index in [-0.39, 0.29) is 25.9 Å². The van der Waals surface area contributed by atoms with Crippen LogP contribution in [-0.2, 0) is 15.4 Å². The quantitative estimate of drug-likeness (QED) is 0.426. The van der Waals surface area contributed by atoms with Gasteiger partial charge in [0, 0.05) is 5.56 Å². The Kier molecular flexibility index (Phi) is 5.86. The van der Waals surface area contributed by atoms with Crippen LogP contribution in [0.1, 0.15) is 37.8 Å². The van der Waals surface area contributed by atoms with E-state index in [9.17, 15) is 0 Å². The molecule has 0 saturated heterocycles. The summed E-state index contributed by atoms with van der Waals surface area (Å²) in [6.45, 7) is 4.77. The molecule has 0 unspecified atom stereocenters. The van der Waals surface area contributed by atoms with E-state index in [2.05, 4.69) is 4.99 Å². The molecule has 22 heavy (non-hydrogen) atoms. The van der Waals surface area contributed by atoms with Crippen molar-refractivity contribution < 1.29 is 9.47 Å². The van der Waals surface area contributed by atoms with Crippen molar-refractivity contribution in [2.45, 2.75) is 32.6 Å². The molecule has 1 aromatic carbocycles. The molecule has 0 fully saturated rings. The second-order valence-electron chi connectivity index (χ2n) is 4.78. The Labute approximate surface area is 149 Å². The first kappa shape index (κ1) is 18.1. The fourth-order valence-electron chi connectivity index (χ4n) is 2.17. The van der Waals surface area contributed by atoms with Gasteiger partial charge in [-0.3, -0.25) is 0 Å². The van der Waals surface area contributed by atoms with Crippen LogP contribution in [0.3, 0.4) is 0 Å². The maximum atomic E-state index is 6.36. The van der Waals surface area contributed by atoms with Crippen molar-refractivity contribution >= 4 is 52.2 Å². The summed E-state index contributed by atoms with van der Waals surface area (Å²) in [5.41, 5.74) is 6.82. The van der Waals surface area contributed by atoms with Gasteiger partial charge in [-0.15, -0.1) is 0 Å². The molecule has 0 spiro atoms. The number of nitrogens with zero attached hydrogens (tertiary/aromatic N) is 1. The zero-order valence-electron chi connectivity index (χ0n) is 12.2. The van der Waals surface area contributed by atoms with E-state index in [1.54, 1.807) is 0 Å². The molecule has 0 aliphatic carbocycles. The van der Waals surface area contributed by atoms with Gasteiger partial charge < -0.3 is 15.2 Å². The average Bonchev–Trinajstić information content (AvgIpc) is 2.80. The highest BCUT2D eigenvalue weighted by Crippen LogP contribution is 2.50. The van der Waals surface area contributed by atoms with E-state index in [4.69, 9.17) is 61.6 Å². The molecule has 8 heteroatoms. The summed E-state index contributed by atoms with van der Waals surface area (Å²) in [7, 11) is 0. The zero-order chi connectivity index (χ0) is 16.5. The monoisotopic (exact) mass is 384 g/mol. The lowest BCUT2D eigenvalue weighted by Gasteiger charge is -2.28. The minimum absolute atomic E-state index is 0.126. The summed E-state index contributed by atoms with van der Waals surface area (Å²) in [5.74, 6) is -1.27. The molecule has 1 aliphatic heterocycles. The normalized spacial score (nSPS) is 15.8. The molecular formula is C14H16Cl4N2O2. The van der Waals surface area contributed by atoms with Crippen molar-refractivity contribution in [1.29, 1.82) is 0 Å². The highest BCUT2D eigenvalue weighted by Gasteiger charge is 2.46. The smallest absolute Gasteiger partial charge is 0.302 e. The van der Waals surface area contributed by atoms with Crippen LogP contribution in [0.5, 0.6) is 0 Å². The van der Waals surface area contributed by atoms with E-state index >= 15 is 0 Å². The number of nitrogens with two attached hydrogens (primary N) is 1. The van der Waals surface area contributed by atoms with Crippen LogP contribution in [0, 0.1) is 0 Å². The lowest BCUT2D eigenvalue weighted by atomic mass is 10.1. The van der Waals surface area contributed by atoms with Crippen LogP contribution in [0.15, 0.2) is 4.99 Å². The first-order valence-electron chi connectivity index (χ1n) is 6.89. The summed E-state index contributed by atoms with van der Waals surface area (Å²) in [4.78, 5) is 4.33. The van der Waals surface area contributed by atoms with Crippen LogP contribution in [0.4, 0.5) is 0 Å². The Balaban J connectivity index is 2.67. The van der Waals surface area contributed by atoms with Crippen LogP contribution in [0.2, 0.25) is 20.1 Å². The number of hydrogen-bond acceptors (Lipinski definition) is 4. The number of halogens is 4. The fourth-order valence-corrected chi connectivity index (χ4v) is 3.24. The zero-order valence-corrected chi connectivity index (χ0v) is 15.2. The minimum atomic E-state index is -1.43. The van der Waals surface area contributed by atoms with E-state index in [0.29, 0.717) is 24.3 Å². The summed E-state index contributed by atoms with van der Waals surface area (Å²) in [6.07, 6.45) is 1.54. The second kappa shape index (κ2) is 7.12. The molecule has 0 aromatic heterocycles. The molecule has 0 bridgehead atoms. The number of amidine groups is 1. The third-order valence-corrected chi connectivity index (χ3v) is 4.91. The molecule has 2 N–H and O–H groups in total. The highest BCUT2D eigenvalue weighted by molar-refractivity contribution is 6.53. The largest absolute Gasteiger partial charge is 0.383 e. The molecule has 0 atom stereocenters. The molecule has 1 aliphatic rings. The van der Waals surface area contributed by atoms with Crippen molar-refractivity contribution in [1.82, 2.24) is 0 Å². The predicted molar refractivity (Wildman–Crippen MR) is 91.4 cm³/mol. The van der Waals surface area contributed by atoms with Crippen LogP contribution < -0.4 is 5.73 Å². The van der Waals surface area contributed by atoms with Gasteiger partial charge in [0.2, 0.25) is 0 Å². The van der Waals surface area contributed by atoms with Crippen molar-refractivity contribution in [3.8, 4) is 0 Å². The standard InChI is InChI=1S/C14H16Cl4N2O2/c1-3-5-21-14(22-6-4-2)8-7(13(19)20-14)9(15)11(17)12(18)10(8)16/h3-6H2,1-2H3,(H2,19,20). The molecule has 0 radical (unpaired) electrons. The van der Waals surface area contributed by atoms with Gasteiger partial charge in [-0.05, 0) is 12.8 Å². The summed E-state index contributed by atoms with van der Waals surface area (Å²) >= 11 is 24.9. The highest BCUT2D eigenvalue weighted by atomic mass is 35.5. The lowest BCUT2D eigenvalue weighted by Crippen LogP contribution is -2.31. The molecule has 0 saturated carbocycles. The summed E-state index contributed by atoms with van der Waals surface area (Å²) in [5, 5.41) is 0.630. The summed E-state index contributed by atoms with van der Waals surface area (Å²) in [6, 6.07) is 0. The van der Waals surface area contributed by atoms with Gasteiger partial charge >= 0.3 is 5.91 Å². The number of rotatable bonds is 6. The van der Waals surface area contributed by atoms with E-state index in [0.717, 1.165) is 12.8 Å². The molecule has 0 amide bonds. The third kappa shape index (κ3) is 2.93. The Hall–Kier alpha value is -0.230. The van der Waals surface area contributed by atoms with Crippen molar-refractivity contribution in [3.63, 3.8) is 0 Å². The predicted octanol–water partition coefficient (Wildman–Crippen LogP) is 4.98. The first-order valence-corrected chi connectivity index (χ1v) is 8.40. The van der Waals surface area contributed by atoms with Crippen LogP contribution >= 0.6 is 46.4 Å². The Morgan fingerprint density at radius 2 is 1.41 bits per heavy atom. The molecule has 122 valence electrons. The van der Waals surface area contributed by atoms with Gasteiger partial charge in [-0.25, -0.2) is 4.99 Å². The minimum Gasteiger partial charge on any atom is -0.383 e. The Bertz CT molecular complexity index is 612. The van der Waals surface area contributed by atoms with Crippen molar-refractivity contribution in [3.05, 3.63) is 31.2 Å². The summed E-state index contributed by atoms with van der Waals surface area (Å²) < 4.78 is 11.7. The maximum Gasteiger partial charge on any atom is 0.302 e. The van der Waals surface area contributed by atoms with Gasteiger partial charge in [-0.2, -0.15) is 0 Å². The number of fused-ring (bicyclic) bond motifs is 1. The van der Waals surface area contributed by atoms with E-state index in [1.807, 2.05) is 13.8 Å². The van der Waals surface area contributed by atoms with Gasteiger partial charge in [0.1, 0.15) is 5.84 Å². The van der Waals surface area contributed by atoms with Crippen molar-refractivity contribution in [2.75, 3.05) is 13.2 Å². The van der Waals surface area contributed by atoms with Crippen molar-refractivity contribution in [2.24, 2.45) is 10.7 Å². The Morgan fingerprint density at radius 1 is 0.909 bits per heavy atom. The number of aliphatic imine (C=N–C) groups is 1. The van der Waals surface area contributed by atoms with Crippen LogP contribution in [-0.4, -0.2) is 19.0 Å². The molecular weight excluding hydrogens is 370 g/mol. The number of benzene rings is 1. The Morgan fingerprint density at radius 3 is 1.91 bits per heavy atom. The van der Waals surface area contributed by atoms with Gasteiger partial charge in [-0.1, -0.05) is 60.3 Å². The van der Waals surface area contributed by atoms with Crippen LogP contribution in [0.25, 0.3) is 0 Å². The first-order chi connectivity index (χ1) is 10.4. The van der Waals surface area contributed by atoms with Gasteiger partial charge in [0.05, 0.1) is 38.9 Å². The lowest BCUT2D eigenvalue weighted by molar-refractivity contribution is -0.239. The maximum absolute atomic E-state index is 6.36. The average molecular weight is 386 g/mol. The topological polar surface area (TPSA) is 56.8 Å². The SMILES string of the molecule is CCCOC1(OCCC)N=C(N)c2c(Cl)c(Cl)c(Cl)c(Cl)c21. The fraction of sp³-hybridized carbons (Fsp3) is 0.500. The molecule has 4 nitrogen and oxygen atoms in total. The molecule has 1 aromatic rings. The number of ether oxygens (including phenoxy) is 2. The van der Waals surface area contributed by atoms with E-state index < -0.39 is 5.91 Å². The third-order valence-electron chi connectivity index (χ3n) is 3.11. The molecule has 2 rings (SSSR count). The van der Waals surface area contributed by atoms with Gasteiger partial charge in [0.25, 0.3) is 0 Å². The van der Waals surface area contributed by atoms with Gasteiger partial charge in [0.15, 0.2) is 0 Å². The number of hydrogen-bond donors (Lipinski definition) is 1. The molecule has 1 heterocycles. The van der Waals surface area contributed by atoms with E-state index in [1.165, 1.54) is 0 Å². The second-order valence-corrected chi connectivity index (χ2v) is 6.29.